The van der Waals surface area contributed by atoms with Crippen LogP contribution in [0.4, 0.5) is 8.78 Å². The van der Waals surface area contributed by atoms with Gasteiger partial charge in [0.05, 0.1) is 24.4 Å². The largest absolute Gasteiger partial charge is 0.496 e. The number of amides is 2. The molecule has 0 aromatic heterocycles. The lowest BCUT2D eigenvalue weighted by Gasteiger charge is -2.19. The molecule has 0 atom stereocenters. The highest BCUT2D eigenvalue weighted by Crippen LogP contribution is 2.22. The molecule has 0 bridgehead atoms. The molecule has 9 nitrogen and oxygen atoms in total. The number of halogens is 2. The molecule has 3 rings (SSSR count). The maximum Gasteiger partial charge on any atom is 0.255 e. The number of hydrogen-bond acceptors (Lipinski definition) is 6. The number of ether oxygens (including phenoxy) is 2. The van der Waals surface area contributed by atoms with E-state index in [0.717, 1.165) is 12.1 Å². The molecule has 0 aliphatic carbocycles. The number of hydrogen-bond donors (Lipinski definition) is 4. The third-order valence-corrected chi connectivity index (χ3v) is 5.47. The number of nitrogens with one attached hydrogen (secondary N) is 1. The van der Waals surface area contributed by atoms with Crippen LogP contribution in [0.2, 0.25) is 0 Å². The van der Waals surface area contributed by atoms with Gasteiger partial charge in [0.15, 0.2) is 0 Å². The van der Waals surface area contributed by atoms with Crippen molar-refractivity contribution >= 4 is 23.3 Å². The minimum Gasteiger partial charge on any atom is -0.496 e. The second-order valence-corrected chi connectivity index (χ2v) is 7.85. The molecule has 11 heteroatoms. The molecule has 0 saturated carbocycles. The molecule has 1 heterocycles. The minimum absolute atomic E-state index is 0.00200. The van der Waals surface area contributed by atoms with Crippen LogP contribution in [0.25, 0.3) is 5.70 Å². The van der Waals surface area contributed by atoms with Crippen molar-refractivity contribution in [3.8, 4) is 5.75 Å². The van der Waals surface area contributed by atoms with E-state index in [4.69, 9.17) is 26.7 Å². The van der Waals surface area contributed by atoms with Crippen LogP contribution in [-0.4, -0.2) is 44.0 Å². The maximum absolute atomic E-state index is 14.9. The summed E-state index contributed by atoms with van der Waals surface area (Å²) in [6, 6.07) is 7.40. The van der Waals surface area contributed by atoms with Crippen molar-refractivity contribution in [2.24, 2.45) is 22.2 Å². The molecule has 35 heavy (non-hydrogen) atoms. The number of aliphatic imine (C=N–C) groups is 1. The summed E-state index contributed by atoms with van der Waals surface area (Å²) in [6.45, 7) is 0.978. The number of primary amides is 1. The summed E-state index contributed by atoms with van der Waals surface area (Å²) in [5.74, 6) is -2.85. The molecule has 2 aromatic carbocycles. The smallest absolute Gasteiger partial charge is 0.255 e. The van der Waals surface area contributed by atoms with E-state index in [2.05, 4.69) is 10.3 Å². The quantitative estimate of drug-likeness (QED) is 0.252. The van der Waals surface area contributed by atoms with Crippen molar-refractivity contribution in [3.63, 3.8) is 0 Å². The Bertz CT molecular complexity index is 1180. The van der Waals surface area contributed by atoms with Gasteiger partial charge in [0.1, 0.15) is 28.8 Å². The van der Waals surface area contributed by atoms with Gasteiger partial charge in [-0.2, -0.15) is 0 Å². The third kappa shape index (κ3) is 6.33. The van der Waals surface area contributed by atoms with E-state index in [0.29, 0.717) is 31.6 Å². The molecular formula is C24H27F2N5O4. The van der Waals surface area contributed by atoms with Crippen molar-refractivity contribution in [1.82, 2.24) is 5.32 Å². The Labute approximate surface area is 201 Å². The molecule has 1 aliphatic heterocycles. The minimum atomic E-state index is -0.935. The molecule has 186 valence electrons. The van der Waals surface area contributed by atoms with E-state index in [9.17, 15) is 18.4 Å². The Hall–Kier alpha value is -3.99. The fourth-order valence-corrected chi connectivity index (χ4v) is 3.63. The Morgan fingerprint density at radius 2 is 1.80 bits per heavy atom. The van der Waals surface area contributed by atoms with Gasteiger partial charge in [0.25, 0.3) is 11.8 Å². The zero-order chi connectivity index (χ0) is 25.5. The van der Waals surface area contributed by atoms with E-state index in [-0.39, 0.29) is 46.6 Å². The highest BCUT2D eigenvalue weighted by atomic mass is 19.1. The van der Waals surface area contributed by atoms with Gasteiger partial charge in [-0.15, -0.1) is 0 Å². The van der Waals surface area contributed by atoms with Crippen LogP contribution in [0.5, 0.6) is 5.75 Å². The van der Waals surface area contributed by atoms with Gasteiger partial charge in [0, 0.05) is 25.3 Å². The van der Waals surface area contributed by atoms with Gasteiger partial charge in [-0.05, 0) is 48.7 Å². The zero-order valence-corrected chi connectivity index (χ0v) is 19.1. The van der Waals surface area contributed by atoms with Gasteiger partial charge in [0.2, 0.25) is 0 Å². The summed E-state index contributed by atoms with van der Waals surface area (Å²) in [4.78, 5) is 28.8. The Morgan fingerprint density at radius 3 is 2.43 bits per heavy atom. The van der Waals surface area contributed by atoms with Crippen LogP contribution in [0, 0.1) is 11.6 Å². The molecule has 2 aromatic rings. The normalized spacial score (nSPS) is 15.3. The molecule has 1 saturated heterocycles. The van der Waals surface area contributed by atoms with Crippen LogP contribution in [-0.2, 0) is 16.1 Å². The van der Waals surface area contributed by atoms with Crippen molar-refractivity contribution in [1.29, 1.82) is 0 Å². The van der Waals surface area contributed by atoms with Crippen molar-refractivity contribution < 1.29 is 27.8 Å². The first kappa shape index (κ1) is 25.6. The zero-order valence-electron chi connectivity index (χ0n) is 19.1. The second kappa shape index (κ2) is 11.4. The molecule has 7 N–H and O–H groups in total. The maximum atomic E-state index is 14.9. The Balaban J connectivity index is 1.80. The van der Waals surface area contributed by atoms with E-state index in [1.165, 1.54) is 31.4 Å². The fraction of sp³-hybridized carbons (Fsp3) is 0.292. The lowest BCUT2D eigenvalue weighted by Crippen LogP contribution is -2.32. The van der Waals surface area contributed by atoms with Crippen molar-refractivity contribution in [3.05, 3.63) is 70.3 Å². The van der Waals surface area contributed by atoms with Gasteiger partial charge in [-0.25, -0.2) is 8.78 Å². The molecule has 0 spiro atoms. The average molecular weight is 488 g/mol. The number of benzene rings is 2. The monoisotopic (exact) mass is 487 g/mol. The third-order valence-electron chi connectivity index (χ3n) is 5.47. The van der Waals surface area contributed by atoms with Gasteiger partial charge >= 0.3 is 0 Å². The summed E-state index contributed by atoms with van der Waals surface area (Å²) in [5.41, 5.74) is 17.3. The fourth-order valence-electron chi connectivity index (χ4n) is 3.63. The van der Waals surface area contributed by atoms with E-state index in [1.54, 1.807) is 0 Å². The lowest BCUT2D eigenvalue weighted by molar-refractivity contribution is -0.114. The first-order valence-corrected chi connectivity index (χ1v) is 10.8. The highest BCUT2D eigenvalue weighted by Gasteiger charge is 2.21. The molecule has 2 amide bonds. The summed E-state index contributed by atoms with van der Waals surface area (Å²) in [6.07, 6.45) is 1.26. The van der Waals surface area contributed by atoms with Crippen molar-refractivity contribution in [2.75, 3.05) is 20.3 Å². The molecule has 0 unspecified atom stereocenters. The number of carbonyl (C=O) groups is 2. The summed E-state index contributed by atoms with van der Waals surface area (Å²) in [7, 11) is 1.36. The van der Waals surface area contributed by atoms with Gasteiger partial charge in [-0.1, -0.05) is 6.07 Å². The van der Waals surface area contributed by atoms with Gasteiger partial charge in [-0.3, -0.25) is 14.6 Å². The first-order chi connectivity index (χ1) is 16.7. The predicted octanol–water partition coefficient (Wildman–Crippen LogP) is 1.59. The Morgan fingerprint density at radius 1 is 1.09 bits per heavy atom. The number of methoxy groups -OCH3 is 1. The predicted molar refractivity (Wildman–Crippen MR) is 126 cm³/mol. The first-order valence-electron chi connectivity index (χ1n) is 10.8. The van der Waals surface area contributed by atoms with Crippen LogP contribution >= 0.6 is 0 Å². The Kier molecular flexibility index (Phi) is 8.37. The number of nitrogens with two attached hydrogens (primary N) is 3. The molecule has 1 aliphatic rings. The number of nitrogens with zero attached hydrogens (tertiary/aromatic N) is 1. The summed E-state index contributed by atoms with van der Waals surface area (Å²) < 4.78 is 38.8. The SMILES string of the molecule is COc1ccc(F)cc1C(=O)NCc1ccc(C(N)=C(C(N)=O)C(N)=NC2CCOCC2)c(F)c1. The number of carbonyl (C=O) groups excluding carboxylic acids is 2. The lowest BCUT2D eigenvalue weighted by atomic mass is 10.0. The van der Waals surface area contributed by atoms with Crippen LogP contribution in [0.15, 0.2) is 47.0 Å². The highest BCUT2D eigenvalue weighted by molar-refractivity contribution is 6.24. The van der Waals surface area contributed by atoms with Crippen LogP contribution < -0.4 is 27.3 Å². The number of amidine groups is 1. The molecule has 1 fully saturated rings. The number of rotatable bonds is 8. The second-order valence-electron chi connectivity index (χ2n) is 7.85. The summed E-state index contributed by atoms with van der Waals surface area (Å²) in [5, 5.41) is 2.58. The van der Waals surface area contributed by atoms with Gasteiger partial charge < -0.3 is 32.0 Å². The van der Waals surface area contributed by atoms with Crippen LogP contribution in [0.1, 0.15) is 34.3 Å². The van der Waals surface area contributed by atoms with Crippen molar-refractivity contribution in [2.45, 2.75) is 25.4 Å². The standard InChI is InChI=1S/C24H27F2N5O4/c1-34-19-5-3-14(25)11-17(19)24(33)30-12-13-2-4-16(18(26)10-13)21(27)20(23(29)32)22(28)31-15-6-8-35-9-7-15/h2-5,10-11,15H,6-9,12,27H2,1H3,(H2,28,31)(H2,29,32)(H,30,33). The molecular weight excluding hydrogens is 460 g/mol. The topological polar surface area (TPSA) is 155 Å². The molecule has 0 radical (unpaired) electrons. The van der Waals surface area contributed by atoms with E-state index in [1.807, 2.05) is 0 Å². The van der Waals surface area contributed by atoms with E-state index >= 15 is 0 Å². The van der Waals surface area contributed by atoms with Crippen LogP contribution in [0.3, 0.4) is 0 Å². The average Bonchev–Trinajstić information content (AvgIpc) is 2.83. The van der Waals surface area contributed by atoms with E-state index < -0.39 is 23.4 Å². The summed E-state index contributed by atoms with van der Waals surface area (Å²) >= 11 is 0.